The van der Waals surface area contributed by atoms with Crippen LogP contribution in [0.2, 0.25) is 0 Å². The normalized spacial score (nSPS) is 16.4. The second-order valence-electron chi connectivity index (χ2n) is 7.38. The minimum atomic E-state index is 0.473. The zero-order chi connectivity index (χ0) is 19.9. The van der Waals surface area contributed by atoms with E-state index in [2.05, 4.69) is 49.5 Å². The zero-order valence-corrected chi connectivity index (χ0v) is 17.7. The smallest absolute Gasteiger partial charge is 0.191 e. The average molecular weight is 412 g/mol. The molecule has 1 fully saturated rings. The van der Waals surface area contributed by atoms with Gasteiger partial charge in [0.2, 0.25) is 0 Å². The molecule has 0 aliphatic carbocycles. The summed E-state index contributed by atoms with van der Waals surface area (Å²) < 4.78 is 2.03. The van der Waals surface area contributed by atoms with Crippen LogP contribution in [0.5, 0.6) is 0 Å². The lowest BCUT2D eigenvalue weighted by Crippen LogP contribution is -2.48. The van der Waals surface area contributed by atoms with E-state index >= 15 is 0 Å². The van der Waals surface area contributed by atoms with Crippen molar-refractivity contribution in [2.75, 3.05) is 26.2 Å². The molecule has 0 spiro atoms. The van der Waals surface area contributed by atoms with Crippen molar-refractivity contribution in [3.63, 3.8) is 0 Å². The predicted octanol–water partition coefficient (Wildman–Crippen LogP) is 2.55. The Balaban J connectivity index is 1.27. The molecule has 1 aliphatic heterocycles. The molecule has 0 unspecified atom stereocenters. The third-order valence-electron chi connectivity index (χ3n) is 5.25. The lowest BCUT2D eigenvalue weighted by molar-refractivity contribution is 0.198. The standard InChI is InChI=1S/C21H29N7S/c1-2-22-21(23-10-6-20-26-25-19-5-3-4-11-28(19)20)24-18-7-12-27(13-8-18)15-17-9-14-29-16-17/h3-5,9,11,14,16,18H,2,6-8,10,12-13,15H2,1H3,(H2,22,23,24). The number of hydrogen-bond acceptors (Lipinski definition) is 5. The maximum atomic E-state index is 4.77. The summed E-state index contributed by atoms with van der Waals surface area (Å²) in [7, 11) is 0. The molecule has 2 N–H and O–H groups in total. The van der Waals surface area contributed by atoms with Crippen molar-refractivity contribution in [1.29, 1.82) is 0 Å². The van der Waals surface area contributed by atoms with Crippen molar-refractivity contribution in [2.45, 2.75) is 38.8 Å². The maximum absolute atomic E-state index is 4.77. The molecule has 0 saturated carbocycles. The van der Waals surface area contributed by atoms with Crippen LogP contribution in [0.1, 0.15) is 31.2 Å². The van der Waals surface area contributed by atoms with E-state index in [1.54, 1.807) is 11.3 Å². The van der Waals surface area contributed by atoms with E-state index < -0.39 is 0 Å². The fourth-order valence-electron chi connectivity index (χ4n) is 3.72. The van der Waals surface area contributed by atoms with Crippen LogP contribution in [0.4, 0.5) is 0 Å². The quantitative estimate of drug-likeness (QED) is 0.462. The van der Waals surface area contributed by atoms with Crippen LogP contribution in [-0.4, -0.2) is 57.7 Å². The van der Waals surface area contributed by atoms with Gasteiger partial charge in [-0.2, -0.15) is 11.3 Å². The number of thiophene rings is 1. The van der Waals surface area contributed by atoms with Crippen molar-refractivity contribution in [3.8, 4) is 0 Å². The van der Waals surface area contributed by atoms with Crippen LogP contribution < -0.4 is 10.6 Å². The van der Waals surface area contributed by atoms with Crippen LogP contribution in [0, 0.1) is 0 Å². The van der Waals surface area contributed by atoms with E-state index in [1.165, 1.54) is 5.56 Å². The largest absolute Gasteiger partial charge is 0.357 e. The molecule has 0 amide bonds. The molecule has 0 aromatic carbocycles. The average Bonchev–Trinajstić information content (AvgIpc) is 3.40. The molecule has 1 aliphatic rings. The number of hydrogen-bond donors (Lipinski definition) is 2. The first-order valence-electron chi connectivity index (χ1n) is 10.4. The predicted molar refractivity (Wildman–Crippen MR) is 118 cm³/mol. The Morgan fingerprint density at radius 3 is 2.93 bits per heavy atom. The molecular weight excluding hydrogens is 382 g/mol. The van der Waals surface area contributed by atoms with Crippen LogP contribution in [0.3, 0.4) is 0 Å². The topological polar surface area (TPSA) is 69.8 Å². The van der Waals surface area contributed by atoms with Gasteiger partial charge < -0.3 is 10.6 Å². The van der Waals surface area contributed by atoms with Gasteiger partial charge in [-0.3, -0.25) is 14.3 Å². The third kappa shape index (κ3) is 5.33. The Hall–Kier alpha value is -2.45. The van der Waals surface area contributed by atoms with Crippen LogP contribution in [0.25, 0.3) is 5.65 Å². The van der Waals surface area contributed by atoms with E-state index in [0.29, 0.717) is 12.6 Å². The van der Waals surface area contributed by atoms with Crippen LogP contribution in [0.15, 0.2) is 46.2 Å². The summed E-state index contributed by atoms with van der Waals surface area (Å²) in [5.74, 6) is 1.85. The van der Waals surface area contributed by atoms with E-state index in [-0.39, 0.29) is 0 Å². The highest BCUT2D eigenvalue weighted by Gasteiger charge is 2.20. The Morgan fingerprint density at radius 1 is 1.24 bits per heavy atom. The Morgan fingerprint density at radius 2 is 2.14 bits per heavy atom. The van der Waals surface area contributed by atoms with Crippen molar-refractivity contribution in [1.82, 2.24) is 30.1 Å². The third-order valence-corrected chi connectivity index (χ3v) is 5.98. The first-order valence-corrected chi connectivity index (χ1v) is 11.3. The summed E-state index contributed by atoms with van der Waals surface area (Å²) in [6.07, 6.45) is 5.05. The van der Waals surface area contributed by atoms with Gasteiger partial charge in [-0.1, -0.05) is 6.07 Å². The van der Waals surface area contributed by atoms with Crippen molar-refractivity contribution >= 4 is 22.9 Å². The molecular formula is C21H29N7S. The zero-order valence-electron chi connectivity index (χ0n) is 16.9. The number of nitrogens with one attached hydrogen (secondary N) is 2. The van der Waals surface area contributed by atoms with Gasteiger partial charge in [0.05, 0.1) is 0 Å². The minimum Gasteiger partial charge on any atom is -0.357 e. The fourth-order valence-corrected chi connectivity index (χ4v) is 4.38. The number of aromatic nitrogens is 3. The highest BCUT2D eigenvalue weighted by atomic mass is 32.1. The molecule has 154 valence electrons. The van der Waals surface area contributed by atoms with Gasteiger partial charge in [-0.15, -0.1) is 10.2 Å². The van der Waals surface area contributed by atoms with Gasteiger partial charge >= 0.3 is 0 Å². The molecule has 29 heavy (non-hydrogen) atoms. The van der Waals surface area contributed by atoms with Gasteiger partial charge in [0.15, 0.2) is 11.6 Å². The summed E-state index contributed by atoms with van der Waals surface area (Å²) in [6, 6.07) is 8.64. The Bertz CT molecular complexity index is 910. The molecule has 0 radical (unpaired) electrons. The number of rotatable bonds is 7. The maximum Gasteiger partial charge on any atom is 0.191 e. The van der Waals surface area contributed by atoms with E-state index in [0.717, 1.165) is 62.9 Å². The summed E-state index contributed by atoms with van der Waals surface area (Å²) in [6.45, 7) is 6.96. The molecule has 4 rings (SSSR count). The van der Waals surface area contributed by atoms with Crippen molar-refractivity contribution in [2.24, 2.45) is 4.99 Å². The fraction of sp³-hybridized carbons (Fsp3) is 0.476. The van der Waals surface area contributed by atoms with Crippen molar-refractivity contribution in [3.05, 3.63) is 52.6 Å². The first-order chi connectivity index (χ1) is 14.3. The molecule has 1 saturated heterocycles. The number of guanidine groups is 1. The summed E-state index contributed by atoms with van der Waals surface area (Å²) in [5.41, 5.74) is 2.31. The summed E-state index contributed by atoms with van der Waals surface area (Å²) >= 11 is 1.78. The number of likely N-dealkylation sites (tertiary alicyclic amines) is 1. The second kappa shape index (κ2) is 9.84. The first kappa shape index (κ1) is 19.8. The molecule has 8 heteroatoms. The minimum absolute atomic E-state index is 0.473. The number of nitrogens with zero attached hydrogens (tertiary/aromatic N) is 5. The molecule has 0 bridgehead atoms. The van der Waals surface area contributed by atoms with Crippen LogP contribution >= 0.6 is 11.3 Å². The Labute approximate surface area is 175 Å². The highest BCUT2D eigenvalue weighted by molar-refractivity contribution is 7.07. The number of fused-ring (bicyclic) bond motifs is 1. The number of piperidine rings is 1. The van der Waals surface area contributed by atoms with E-state index in [1.807, 2.05) is 28.8 Å². The summed E-state index contributed by atoms with van der Waals surface area (Å²) in [5, 5.41) is 19.9. The SMILES string of the molecule is CCNC(=NCCc1nnc2ccccn12)NC1CCN(Cc2ccsc2)CC1. The lowest BCUT2D eigenvalue weighted by Gasteiger charge is -2.33. The molecule has 4 heterocycles. The van der Waals surface area contributed by atoms with Gasteiger partial charge in [0.1, 0.15) is 5.82 Å². The second-order valence-corrected chi connectivity index (χ2v) is 8.16. The molecule has 3 aromatic heterocycles. The van der Waals surface area contributed by atoms with Gasteiger partial charge in [-0.05, 0) is 54.3 Å². The highest BCUT2D eigenvalue weighted by Crippen LogP contribution is 2.15. The van der Waals surface area contributed by atoms with Gasteiger partial charge in [-0.25, -0.2) is 0 Å². The summed E-state index contributed by atoms with van der Waals surface area (Å²) in [4.78, 5) is 7.31. The molecule has 0 atom stereocenters. The number of pyridine rings is 1. The van der Waals surface area contributed by atoms with Gasteiger partial charge in [0.25, 0.3) is 0 Å². The van der Waals surface area contributed by atoms with Crippen molar-refractivity contribution < 1.29 is 0 Å². The monoisotopic (exact) mass is 411 g/mol. The number of aliphatic imine (C=N–C) groups is 1. The van der Waals surface area contributed by atoms with Crippen LogP contribution in [-0.2, 0) is 13.0 Å². The van der Waals surface area contributed by atoms with Gasteiger partial charge in [0, 0.05) is 51.4 Å². The molecule has 7 nitrogen and oxygen atoms in total. The van der Waals surface area contributed by atoms with E-state index in [9.17, 15) is 0 Å². The lowest BCUT2D eigenvalue weighted by atomic mass is 10.0. The molecule has 3 aromatic rings. The Kier molecular flexibility index (Phi) is 6.74. The van der Waals surface area contributed by atoms with E-state index in [4.69, 9.17) is 4.99 Å².